The summed E-state index contributed by atoms with van der Waals surface area (Å²) in [7, 11) is 0. The number of pyridine rings is 1. The van der Waals surface area contributed by atoms with Gasteiger partial charge in [0.2, 0.25) is 5.91 Å². The van der Waals surface area contributed by atoms with Gasteiger partial charge in [-0.2, -0.15) is 0 Å². The number of carbonyl (C=O) groups excluding carboxylic acids is 2. The Morgan fingerprint density at radius 3 is 2.53 bits per heavy atom. The Bertz CT molecular complexity index is 1260. The second-order valence-electron chi connectivity index (χ2n) is 11.6. The first-order chi connectivity index (χ1) is 18.2. The molecule has 0 aliphatic carbocycles. The van der Waals surface area contributed by atoms with Gasteiger partial charge in [0.25, 0.3) is 0 Å². The van der Waals surface area contributed by atoms with Crippen LogP contribution in [0.25, 0.3) is 10.9 Å². The highest BCUT2D eigenvalue weighted by Gasteiger charge is 2.31. The van der Waals surface area contributed by atoms with E-state index in [0.717, 1.165) is 64.0 Å². The highest BCUT2D eigenvalue weighted by Crippen LogP contribution is 2.34. The second kappa shape index (κ2) is 11.2. The molecule has 8 nitrogen and oxygen atoms in total. The topological polar surface area (TPSA) is 90.6 Å². The van der Waals surface area contributed by atoms with Crippen LogP contribution in [0.15, 0.2) is 48.8 Å². The number of ether oxygens (including phenoxy) is 1. The van der Waals surface area contributed by atoms with Crippen LogP contribution in [0.5, 0.6) is 0 Å². The van der Waals surface area contributed by atoms with Crippen molar-refractivity contribution in [3.8, 4) is 0 Å². The smallest absolute Gasteiger partial charge is 0.413 e. The van der Waals surface area contributed by atoms with Crippen LogP contribution >= 0.6 is 0 Å². The summed E-state index contributed by atoms with van der Waals surface area (Å²) in [5.74, 6) is 1.43. The number of piperidine rings is 2. The van der Waals surface area contributed by atoms with Crippen LogP contribution in [0, 0.1) is 5.92 Å². The molecule has 2 aliphatic rings. The van der Waals surface area contributed by atoms with Gasteiger partial charge in [0.15, 0.2) is 0 Å². The summed E-state index contributed by atoms with van der Waals surface area (Å²) in [6.07, 6.45) is 7.17. The van der Waals surface area contributed by atoms with E-state index in [0.29, 0.717) is 17.6 Å². The summed E-state index contributed by atoms with van der Waals surface area (Å²) in [5, 5.41) is 4.02. The molecule has 0 radical (unpaired) electrons. The molecule has 0 bridgehead atoms. The zero-order chi connectivity index (χ0) is 26.7. The summed E-state index contributed by atoms with van der Waals surface area (Å²) in [6, 6.07) is 12.3. The molecule has 2 aliphatic heterocycles. The van der Waals surface area contributed by atoms with Gasteiger partial charge < -0.3 is 14.6 Å². The number of rotatable bonds is 5. The maximum atomic E-state index is 13.3. The summed E-state index contributed by atoms with van der Waals surface area (Å²) < 4.78 is 5.32. The molecular weight excluding hydrogens is 478 g/mol. The average Bonchev–Trinajstić information content (AvgIpc) is 3.32. The van der Waals surface area contributed by atoms with Gasteiger partial charge in [0.1, 0.15) is 11.4 Å². The van der Waals surface area contributed by atoms with Gasteiger partial charge in [0, 0.05) is 48.8 Å². The number of nitrogens with zero attached hydrogens (tertiary/aromatic N) is 3. The molecule has 2 amide bonds. The SMILES string of the molecule is CC(C)(C)OC(=O)Nc1cc(CN2CCC(C(=O)N3CCC(c4c[nH]c5ccccc45)CC3)CC2)ccn1. The predicted molar refractivity (Wildman–Crippen MR) is 149 cm³/mol. The number of amides is 2. The van der Waals surface area contributed by atoms with Crippen LogP contribution in [0.2, 0.25) is 0 Å². The number of H-pyrrole nitrogens is 1. The summed E-state index contributed by atoms with van der Waals surface area (Å²) in [5.41, 5.74) is 3.10. The van der Waals surface area contributed by atoms with E-state index in [2.05, 4.69) is 55.5 Å². The Kier molecular flexibility index (Phi) is 7.70. The zero-order valence-electron chi connectivity index (χ0n) is 22.7. The minimum absolute atomic E-state index is 0.109. The van der Waals surface area contributed by atoms with E-state index < -0.39 is 11.7 Å². The van der Waals surface area contributed by atoms with Crippen molar-refractivity contribution in [2.45, 2.75) is 64.5 Å². The highest BCUT2D eigenvalue weighted by atomic mass is 16.6. The predicted octanol–water partition coefficient (Wildman–Crippen LogP) is 5.53. The van der Waals surface area contributed by atoms with E-state index in [1.54, 1.807) is 6.20 Å². The van der Waals surface area contributed by atoms with Gasteiger partial charge in [-0.15, -0.1) is 0 Å². The van der Waals surface area contributed by atoms with Crippen molar-refractivity contribution in [2.24, 2.45) is 5.92 Å². The molecule has 0 spiro atoms. The number of benzene rings is 1. The molecule has 4 heterocycles. The third-order valence-corrected chi connectivity index (χ3v) is 7.66. The van der Waals surface area contributed by atoms with Crippen molar-refractivity contribution in [2.75, 3.05) is 31.5 Å². The van der Waals surface area contributed by atoms with Crippen molar-refractivity contribution in [3.05, 3.63) is 59.9 Å². The molecule has 2 aromatic heterocycles. The lowest BCUT2D eigenvalue weighted by atomic mass is 9.88. The second-order valence-corrected chi connectivity index (χ2v) is 11.6. The monoisotopic (exact) mass is 517 g/mol. The number of aromatic amines is 1. The van der Waals surface area contributed by atoms with E-state index in [9.17, 15) is 9.59 Å². The Balaban J connectivity index is 1.08. The van der Waals surface area contributed by atoms with Crippen molar-refractivity contribution in [3.63, 3.8) is 0 Å². The maximum Gasteiger partial charge on any atom is 0.413 e. The first-order valence-corrected chi connectivity index (χ1v) is 13.8. The van der Waals surface area contributed by atoms with E-state index in [1.807, 2.05) is 32.9 Å². The number of nitrogens with one attached hydrogen (secondary N) is 2. The van der Waals surface area contributed by atoms with E-state index in [-0.39, 0.29) is 5.92 Å². The largest absolute Gasteiger partial charge is 0.444 e. The van der Waals surface area contributed by atoms with Crippen LogP contribution < -0.4 is 5.32 Å². The van der Waals surface area contributed by atoms with Crippen molar-refractivity contribution >= 4 is 28.7 Å². The van der Waals surface area contributed by atoms with Crippen LogP contribution in [-0.2, 0) is 16.1 Å². The minimum Gasteiger partial charge on any atom is -0.444 e. The fourth-order valence-electron chi connectivity index (χ4n) is 5.75. The normalized spacial score (nSPS) is 18.0. The number of anilines is 1. The first kappa shape index (κ1) is 26.2. The molecule has 2 fully saturated rings. The molecular formula is C30H39N5O3. The van der Waals surface area contributed by atoms with Crippen LogP contribution in [-0.4, -0.2) is 63.5 Å². The maximum absolute atomic E-state index is 13.3. The first-order valence-electron chi connectivity index (χ1n) is 13.8. The van der Waals surface area contributed by atoms with Gasteiger partial charge in [-0.25, -0.2) is 9.78 Å². The lowest BCUT2D eigenvalue weighted by Gasteiger charge is -2.37. The molecule has 8 heteroatoms. The Hall–Kier alpha value is -3.39. The standard InChI is InChI=1S/C30H39N5O3/c1-30(2,3)38-29(37)33-27-18-21(8-13-31-27)20-34-14-9-23(10-15-34)28(36)35-16-11-22(12-17-35)25-19-32-26-7-5-4-6-24(25)26/h4-8,13,18-19,22-23,32H,9-12,14-17,20H2,1-3H3,(H,31,33,37). The van der Waals surface area contributed by atoms with Crippen LogP contribution in [0.1, 0.15) is 63.5 Å². The number of aromatic nitrogens is 2. The number of hydrogen-bond acceptors (Lipinski definition) is 5. The number of likely N-dealkylation sites (tertiary alicyclic amines) is 2. The fourth-order valence-corrected chi connectivity index (χ4v) is 5.75. The quantitative estimate of drug-likeness (QED) is 0.465. The van der Waals surface area contributed by atoms with Crippen LogP contribution in [0.4, 0.5) is 10.6 Å². The number of para-hydroxylation sites is 1. The summed E-state index contributed by atoms with van der Waals surface area (Å²) in [6.45, 7) is 9.72. The lowest BCUT2D eigenvalue weighted by molar-refractivity contribution is -0.138. The van der Waals surface area contributed by atoms with Crippen molar-refractivity contribution < 1.29 is 14.3 Å². The summed E-state index contributed by atoms with van der Waals surface area (Å²) in [4.78, 5) is 37.5. The van der Waals surface area contributed by atoms with Gasteiger partial charge >= 0.3 is 6.09 Å². The van der Waals surface area contributed by atoms with Gasteiger partial charge in [0.05, 0.1) is 0 Å². The molecule has 38 heavy (non-hydrogen) atoms. The molecule has 202 valence electrons. The Labute approximate surface area is 224 Å². The fraction of sp³-hybridized carbons (Fsp3) is 0.500. The summed E-state index contributed by atoms with van der Waals surface area (Å²) >= 11 is 0. The van der Waals surface area contributed by atoms with E-state index in [4.69, 9.17) is 4.74 Å². The van der Waals surface area contributed by atoms with Crippen molar-refractivity contribution in [1.29, 1.82) is 0 Å². The van der Waals surface area contributed by atoms with Crippen molar-refractivity contribution in [1.82, 2.24) is 19.8 Å². The third kappa shape index (κ3) is 6.35. The molecule has 5 rings (SSSR count). The molecule has 0 unspecified atom stereocenters. The zero-order valence-corrected chi connectivity index (χ0v) is 22.7. The van der Waals surface area contributed by atoms with E-state index in [1.165, 1.54) is 16.5 Å². The molecule has 3 aromatic rings. The van der Waals surface area contributed by atoms with Gasteiger partial charge in [-0.05, 0) is 94.8 Å². The Morgan fingerprint density at radius 1 is 1.05 bits per heavy atom. The minimum atomic E-state index is -0.559. The van der Waals surface area contributed by atoms with Crippen LogP contribution in [0.3, 0.4) is 0 Å². The molecule has 2 saturated heterocycles. The number of fused-ring (bicyclic) bond motifs is 1. The highest BCUT2D eigenvalue weighted by molar-refractivity contribution is 5.84. The molecule has 2 N–H and O–H groups in total. The van der Waals surface area contributed by atoms with Gasteiger partial charge in [-0.3, -0.25) is 15.0 Å². The van der Waals surface area contributed by atoms with Gasteiger partial charge in [-0.1, -0.05) is 18.2 Å². The third-order valence-electron chi connectivity index (χ3n) is 7.66. The number of hydrogen-bond donors (Lipinski definition) is 2. The van der Waals surface area contributed by atoms with E-state index >= 15 is 0 Å². The average molecular weight is 518 g/mol. The Morgan fingerprint density at radius 2 is 1.79 bits per heavy atom. The molecule has 0 atom stereocenters. The number of carbonyl (C=O) groups is 2. The molecule has 1 aromatic carbocycles. The molecule has 0 saturated carbocycles. The lowest BCUT2D eigenvalue weighted by Crippen LogP contribution is -2.45.